The van der Waals surface area contributed by atoms with E-state index in [2.05, 4.69) is 15.5 Å². The fourth-order valence-corrected chi connectivity index (χ4v) is 0.992. The molecule has 0 aromatic carbocycles. The Kier molecular flexibility index (Phi) is 2.74. The summed E-state index contributed by atoms with van der Waals surface area (Å²) in [6.07, 6.45) is 10.8. The SMILES string of the molecule is C#CCCCn1ccnc1C. The van der Waals surface area contributed by atoms with Crippen LogP contribution in [0.3, 0.4) is 0 Å². The van der Waals surface area contributed by atoms with Crippen LogP contribution in [0.15, 0.2) is 12.4 Å². The first-order valence-corrected chi connectivity index (χ1v) is 3.76. The van der Waals surface area contributed by atoms with Crippen LogP contribution in [-0.4, -0.2) is 9.55 Å². The summed E-state index contributed by atoms with van der Waals surface area (Å²) in [5, 5.41) is 0. The van der Waals surface area contributed by atoms with Gasteiger partial charge < -0.3 is 4.57 Å². The largest absolute Gasteiger partial charge is 0.335 e. The summed E-state index contributed by atoms with van der Waals surface area (Å²) in [4.78, 5) is 4.11. The molecule has 0 fully saturated rings. The molecule has 1 aromatic rings. The van der Waals surface area contributed by atoms with Crippen molar-refractivity contribution < 1.29 is 0 Å². The molecule has 0 N–H and O–H groups in total. The highest BCUT2D eigenvalue weighted by Crippen LogP contribution is 1.98. The normalized spacial score (nSPS) is 9.45. The van der Waals surface area contributed by atoms with Gasteiger partial charge in [-0.15, -0.1) is 12.3 Å². The summed E-state index contributed by atoms with van der Waals surface area (Å²) in [7, 11) is 0. The van der Waals surface area contributed by atoms with Crippen molar-refractivity contribution in [2.75, 3.05) is 0 Å². The molecule has 0 aliphatic heterocycles. The minimum Gasteiger partial charge on any atom is -0.335 e. The molecule has 0 atom stereocenters. The molecule has 0 unspecified atom stereocenters. The lowest BCUT2D eigenvalue weighted by atomic mass is 10.3. The van der Waals surface area contributed by atoms with Gasteiger partial charge in [-0.3, -0.25) is 0 Å². The zero-order valence-corrected chi connectivity index (χ0v) is 6.75. The van der Waals surface area contributed by atoms with E-state index < -0.39 is 0 Å². The Labute approximate surface area is 67.3 Å². The molecule has 1 heterocycles. The maximum atomic E-state index is 5.13. The van der Waals surface area contributed by atoms with Crippen molar-refractivity contribution in [1.82, 2.24) is 9.55 Å². The molecule has 0 spiro atoms. The van der Waals surface area contributed by atoms with Crippen LogP contribution in [0.1, 0.15) is 18.7 Å². The van der Waals surface area contributed by atoms with E-state index in [4.69, 9.17) is 6.42 Å². The fraction of sp³-hybridized carbons (Fsp3) is 0.444. The van der Waals surface area contributed by atoms with Gasteiger partial charge in [-0.2, -0.15) is 0 Å². The van der Waals surface area contributed by atoms with E-state index in [0.29, 0.717) is 0 Å². The highest BCUT2D eigenvalue weighted by molar-refractivity contribution is 4.89. The number of hydrogen-bond acceptors (Lipinski definition) is 1. The van der Waals surface area contributed by atoms with E-state index in [-0.39, 0.29) is 0 Å². The molecule has 0 bridgehead atoms. The van der Waals surface area contributed by atoms with E-state index in [9.17, 15) is 0 Å². The predicted molar refractivity (Wildman–Crippen MR) is 45.0 cm³/mol. The maximum absolute atomic E-state index is 5.13. The van der Waals surface area contributed by atoms with Crippen LogP contribution in [0.5, 0.6) is 0 Å². The third-order valence-electron chi connectivity index (χ3n) is 1.64. The Morgan fingerprint density at radius 3 is 3.09 bits per heavy atom. The van der Waals surface area contributed by atoms with E-state index in [1.165, 1.54) is 0 Å². The van der Waals surface area contributed by atoms with Crippen molar-refractivity contribution in [1.29, 1.82) is 0 Å². The van der Waals surface area contributed by atoms with Crippen molar-refractivity contribution in [3.63, 3.8) is 0 Å². The second-order valence-electron chi connectivity index (χ2n) is 2.48. The van der Waals surface area contributed by atoms with Crippen LogP contribution in [-0.2, 0) is 6.54 Å². The molecule has 0 saturated heterocycles. The lowest BCUT2D eigenvalue weighted by molar-refractivity contribution is 0.637. The number of aryl methyl sites for hydroxylation is 2. The molecule has 0 radical (unpaired) electrons. The van der Waals surface area contributed by atoms with Crippen molar-refractivity contribution in [2.24, 2.45) is 0 Å². The summed E-state index contributed by atoms with van der Waals surface area (Å²) >= 11 is 0. The molecule has 0 amide bonds. The third-order valence-corrected chi connectivity index (χ3v) is 1.64. The average molecular weight is 148 g/mol. The van der Waals surface area contributed by atoms with Crippen molar-refractivity contribution >= 4 is 0 Å². The highest BCUT2D eigenvalue weighted by Gasteiger charge is 1.93. The molecule has 2 heteroatoms. The summed E-state index contributed by atoms with van der Waals surface area (Å²) in [5.41, 5.74) is 0. The Morgan fingerprint density at radius 2 is 2.55 bits per heavy atom. The van der Waals surface area contributed by atoms with E-state index in [0.717, 1.165) is 25.2 Å². The molecule has 0 aliphatic rings. The minimum atomic E-state index is 0.845. The van der Waals surface area contributed by atoms with Crippen LogP contribution in [0, 0.1) is 19.3 Å². The standard InChI is InChI=1S/C9H12N2/c1-3-4-5-7-11-8-6-10-9(11)2/h1,6,8H,4-5,7H2,2H3. The Morgan fingerprint density at radius 1 is 1.73 bits per heavy atom. The van der Waals surface area contributed by atoms with Gasteiger partial charge in [0.05, 0.1) is 0 Å². The zero-order chi connectivity index (χ0) is 8.10. The zero-order valence-electron chi connectivity index (χ0n) is 6.75. The number of nitrogens with zero attached hydrogens (tertiary/aromatic N) is 2. The molecule has 1 aromatic heterocycles. The van der Waals surface area contributed by atoms with Gasteiger partial charge in [-0.05, 0) is 13.3 Å². The number of unbranched alkanes of at least 4 members (excludes halogenated alkanes) is 1. The molecular weight excluding hydrogens is 136 g/mol. The summed E-state index contributed by atoms with van der Waals surface area (Å²) < 4.78 is 2.11. The molecule has 1 rings (SSSR count). The van der Waals surface area contributed by atoms with Gasteiger partial charge in [0.2, 0.25) is 0 Å². The second-order valence-corrected chi connectivity index (χ2v) is 2.48. The number of terminal acetylenes is 1. The first-order valence-electron chi connectivity index (χ1n) is 3.76. The Hall–Kier alpha value is -1.23. The van der Waals surface area contributed by atoms with E-state index in [1.54, 1.807) is 0 Å². The van der Waals surface area contributed by atoms with Crippen molar-refractivity contribution in [3.8, 4) is 12.3 Å². The smallest absolute Gasteiger partial charge is 0.105 e. The Balaban J connectivity index is 2.40. The predicted octanol–water partition coefficient (Wildman–Crippen LogP) is 1.60. The van der Waals surface area contributed by atoms with Gasteiger partial charge in [-0.1, -0.05) is 0 Å². The number of rotatable bonds is 3. The van der Waals surface area contributed by atoms with Crippen LogP contribution in [0.4, 0.5) is 0 Å². The van der Waals surface area contributed by atoms with E-state index in [1.807, 2.05) is 19.3 Å². The number of hydrogen-bond donors (Lipinski definition) is 0. The second kappa shape index (κ2) is 3.82. The maximum Gasteiger partial charge on any atom is 0.105 e. The van der Waals surface area contributed by atoms with Crippen LogP contribution in [0.2, 0.25) is 0 Å². The van der Waals surface area contributed by atoms with Crippen LogP contribution >= 0.6 is 0 Å². The average Bonchev–Trinajstić information content (AvgIpc) is 2.37. The topological polar surface area (TPSA) is 17.8 Å². The molecule has 58 valence electrons. The number of aromatic nitrogens is 2. The molecule has 2 nitrogen and oxygen atoms in total. The first-order chi connectivity index (χ1) is 5.34. The molecule has 0 saturated carbocycles. The Bertz CT molecular complexity index is 255. The van der Waals surface area contributed by atoms with Crippen LogP contribution in [0.25, 0.3) is 0 Å². The third kappa shape index (κ3) is 2.12. The van der Waals surface area contributed by atoms with Gasteiger partial charge in [0, 0.05) is 25.4 Å². The van der Waals surface area contributed by atoms with Crippen molar-refractivity contribution in [3.05, 3.63) is 18.2 Å². The van der Waals surface area contributed by atoms with Crippen LogP contribution < -0.4 is 0 Å². The quantitative estimate of drug-likeness (QED) is 0.470. The molecule has 0 aliphatic carbocycles. The highest BCUT2D eigenvalue weighted by atomic mass is 15.0. The molecular formula is C9H12N2. The van der Waals surface area contributed by atoms with Gasteiger partial charge >= 0.3 is 0 Å². The lowest BCUT2D eigenvalue weighted by Crippen LogP contribution is -1.98. The van der Waals surface area contributed by atoms with Gasteiger partial charge in [-0.25, -0.2) is 4.98 Å². The van der Waals surface area contributed by atoms with E-state index >= 15 is 0 Å². The van der Waals surface area contributed by atoms with Crippen molar-refractivity contribution in [2.45, 2.75) is 26.3 Å². The molecule has 11 heavy (non-hydrogen) atoms. The summed E-state index contributed by atoms with van der Waals surface area (Å²) in [6, 6.07) is 0. The van der Waals surface area contributed by atoms with Gasteiger partial charge in [0.25, 0.3) is 0 Å². The first kappa shape index (κ1) is 7.87. The summed E-state index contributed by atoms with van der Waals surface area (Å²) in [5.74, 6) is 3.67. The summed E-state index contributed by atoms with van der Waals surface area (Å²) in [6.45, 7) is 2.98. The monoisotopic (exact) mass is 148 g/mol. The minimum absolute atomic E-state index is 0.845. The van der Waals surface area contributed by atoms with Gasteiger partial charge in [0.15, 0.2) is 0 Å². The van der Waals surface area contributed by atoms with Gasteiger partial charge in [0.1, 0.15) is 5.82 Å². The number of imidazole rings is 1. The fourth-order valence-electron chi connectivity index (χ4n) is 0.992. The lowest BCUT2D eigenvalue weighted by Gasteiger charge is -2.01.